The number of rotatable bonds is 3. The second kappa shape index (κ2) is 9.02. The zero-order chi connectivity index (χ0) is 16.5. The topological polar surface area (TPSA) is 115 Å². The number of hydrogen-bond acceptors (Lipinski definition) is 6. The Kier molecular flexibility index (Phi) is 7.36. The molecule has 0 radical (unpaired) electrons. The average Bonchev–Trinajstić information content (AvgIpc) is 2.87. The number of thioether (sulfide) groups is 1. The molecule has 7 nitrogen and oxygen atoms in total. The Morgan fingerprint density at radius 1 is 1.50 bits per heavy atom. The summed E-state index contributed by atoms with van der Waals surface area (Å²) in [6.07, 6.45) is 4.89. The van der Waals surface area contributed by atoms with Crippen molar-refractivity contribution in [2.45, 2.75) is 12.5 Å². The van der Waals surface area contributed by atoms with Crippen LogP contribution < -0.4 is 0 Å². The largest absolute Gasteiger partial charge is 0.473 e. The number of aromatic nitrogens is 1. The maximum atomic E-state index is 9.10. The zero-order valence-electron chi connectivity index (χ0n) is 12.0. The molecule has 2 rings (SSSR count). The standard InChI is InChI=1S/C12H15N3S.C2H2O4/c1-15-7-10(8-16-9-13)5-12(15)11-3-2-4-14-6-11;3-1(4)2(5)6/h2-4,6,10,12H,5,7-8H2,1H3;(H,3,4)(H,5,6)/t10?,12-;/m0./s1. The number of nitriles is 1. The fourth-order valence-electron chi connectivity index (χ4n) is 2.34. The summed E-state index contributed by atoms with van der Waals surface area (Å²) in [7, 11) is 2.15. The first-order chi connectivity index (χ1) is 10.5. The van der Waals surface area contributed by atoms with E-state index in [2.05, 4.69) is 28.4 Å². The number of carboxylic acid groups (broad SMARTS) is 2. The van der Waals surface area contributed by atoms with Gasteiger partial charge in [-0.2, -0.15) is 5.26 Å². The van der Waals surface area contributed by atoms with Gasteiger partial charge in [-0.15, -0.1) is 0 Å². The van der Waals surface area contributed by atoms with E-state index in [-0.39, 0.29) is 0 Å². The second-order valence-corrected chi connectivity index (χ2v) is 5.66. The van der Waals surface area contributed by atoms with E-state index in [1.807, 2.05) is 18.5 Å². The molecule has 2 N–H and O–H groups in total. The summed E-state index contributed by atoms with van der Waals surface area (Å²) in [5, 5.41) is 25.5. The quantitative estimate of drug-likeness (QED) is 0.634. The molecule has 1 aromatic heterocycles. The summed E-state index contributed by atoms with van der Waals surface area (Å²) >= 11 is 1.37. The molecule has 0 amide bonds. The zero-order valence-corrected chi connectivity index (χ0v) is 12.9. The number of thiocyanates is 1. The third-order valence-electron chi connectivity index (χ3n) is 3.27. The van der Waals surface area contributed by atoms with Crippen LogP contribution in [-0.4, -0.2) is 51.4 Å². The summed E-state index contributed by atoms with van der Waals surface area (Å²) in [5.74, 6) is -2.08. The van der Waals surface area contributed by atoms with Gasteiger partial charge in [0, 0.05) is 30.7 Å². The molecule has 118 valence electrons. The number of aliphatic carboxylic acids is 2. The first-order valence-electron chi connectivity index (χ1n) is 6.53. The van der Waals surface area contributed by atoms with Crippen molar-refractivity contribution >= 4 is 23.7 Å². The lowest BCUT2D eigenvalue weighted by Gasteiger charge is -2.18. The van der Waals surface area contributed by atoms with Crippen LogP contribution in [-0.2, 0) is 9.59 Å². The lowest BCUT2D eigenvalue weighted by Crippen LogP contribution is -2.18. The maximum Gasteiger partial charge on any atom is 0.414 e. The Morgan fingerprint density at radius 3 is 2.68 bits per heavy atom. The first-order valence-corrected chi connectivity index (χ1v) is 7.51. The normalized spacial score (nSPS) is 20.5. The van der Waals surface area contributed by atoms with E-state index in [1.165, 1.54) is 17.3 Å². The molecule has 0 aliphatic carbocycles. The van der Waals surface area contributed by atoms with Gasteiger partial charge in [0.2, 0.25) is 0 Å². The number of carbonyl (C=O) groups is 2. The highest BCUT2D eigenvalue weighted by molar-refractivity contribution is 8.03. The molecule has 0 bridgehead atoms. The van der Waals surface area contributed by atoms with Crippen LogP contribution in [0.2, 0.25) is 0 Å². The van der Waals surface area contributed by atoms with Crippen LogP contribution in [0.1, 0.15) is 18.0 Å². The van der Waals surface area contributed by atoms with Crippen molar-refractivity contribution in [1.29, 1.82) is 5.26 Å². The summed E-state index contributed by atoms with van der Waals surface area (Å²) in [6, 6.07) is 4.59. The van der Waals surface area contributed by atoms with Gasteiger partial charge in [-0.3, -0.25) is 9.88 Å². The maximum absolute atomic E-state index is 9.10. The molecule has 0 saturated carbocycles. The smallest absolute Gasteiger partial charge is 0.414 e. The van der Waals surface area contributed by atoms with Gasteiger partial charge >= 0.3 is 11.9 Å². The minimum absolute atomic E-state index is 0.470. The molecular formula is C14H17N3O4S. The molecule has 1 saturated heterocycles. The summed E-state index contributed by atoms with van der Waals surface area (Å²) in [6.45, 7) is 1.08. The molecule has 0 aromatic carbocycles. The molecule has 22 heavy (non-hydrogen) atoms. The Balaban J connectivity index is 0.000000346. The highest BCUT2D eigenvalue weighted by Gasteiger charge is 2.30. The molecule has 1 aliphatic heterocycles. The van der Waals surface area contributed by atoms with E-state index in [4.69, 9.17) is 25.1 Å². The van der Waals surface area contributed by atoms with Crippen molar-refractivity contribution in [3.63, 3.8) is 0 Å². The summed E-state index contributed by atoms with van der Waals surface area (Å²) in [5.41, 5.74) is 1.29. The van der Waals surface area contributed by atoms with Crippen LogP contribution in [0.15, 0.2) is 24.5 Å². The molecule has 1 fully saturated rings. The van der Waals surface area contributed by atoms with Gasteiger partial charge in [0.1, 0.15) is 5.40 Å². The molecule has 1 aromatic rings. The Hall–Kier alpha value is -2.11. The van der Waals surface area contributed by atoms with Gasteiger partial charge in [0.05, 0.1) is 0 Å². The number of hydrogen-bond donors (Lipinski definition) is 2. The van der Waals surface area contributed by atoms with Gasteiger partial charge in [-0.25, -0.2) is 9.59 Å². The third-order valence-corrected chi connectivity index (χ3v) is 4.04. The number of likely N-dealkylation sites (tertiary alicyclic amines) is 1. The van der Waals surface area contributed by atoms with Crippen LogP contribution in [0.4, 0.5) is 0 Å². The van der Waals surface area contributed by atoms with Crippen molar-refractivity contribution in [2.24, 2.45) is 5.92 Å². The molecule has 0 spiro atoms. The van der Waals surface area contributed by atoms with Gasteiger partial charge < -0.3 is 10.2 Å². The molecule has 8 heteroatoms. The molecule has 1 unspecified atom stereocenters. The van der Waals surface area contributed by atoms with Crippen molar-refractivity contribution in [3.05, 3.63) is 30.1 Å². The van der Waals surface area contributed by atoms with E-state index < -0.39 is 11.9 Å². The van der Waals surface area contributed by atoms with Gasteiger partial charge in [-0.05, 0) is 42.8 Å². The Morgan fingerprint density at radius 2 is 2.18 bits per heavy atom. The highest BCUT2D eigenvalue weighted by atomic mass is 32.2. The third kappa shape index (κ3) is 5.71. The average molecular weight is 323 g/mol. The number of pyridine rings is 1. The highest BCUT2D eigenvalue weighted by Crippen LogP contribution is 2.34. The second-order valence-electron chi connectivity index (χ2n) is 4.86. The fraction of sp³-hybridized carbons (Fsp3) is 0.429. The van der Waals surface area contributed by atoms with Gasteiger partial charge in [0.15, 0.2) is 0 Å². The van der Waals surface area contributed by atoms with Crippen LogP contribution in [0.5, 0.6) is 0 Å². The van der Waals surface area contributed by atoms with E-state index in [1.54, 1.807) is 0 Å². The van der Waals surface area contributed by atoms with Gasteiger partial charge in [-0.1, -0.05) is 6.07 Å². The van der Waals surface area contributed by atoms with Crippen LogP contribution >= 0.6 is 11.8 Å². The SMILES string of the molecule is CN1CC(CSC#N)C[C@H]1c1cccnc1.O=C(O)C(=O)O. The molecule has 2 atom stereocenters. The van der Waals surface area contributed by atoms with E-state index in [0.29, 0.717) is 12.0 Å². The molecule has 1 aliphatic rings. The predicted molar refractivity (Wildman–Crippen MR) is 81.1 cm³/mol. The lowest BCUT2D eigenvalue weighted by molar-refractivity contribution is -0.159. The van der Waals surface area contributed by atoms with E-state index in [9.17, 15) is 0 Å². The van der Waals surface area contributed by atoms with Crippen molar-refractivity contribution < 1.29 is 19.8 Å². The van der Waals surface area contributed by atoms with Gasteiger partial charge in [0.25, 0.3) is 0 Å². The summed E-state index contributed by atoms with van der Waals surface area (Å²) in [4.78, 5) is 24.7. The Bertz CT molecular complexity index is 535. The number of carboxylic acids is 2. The minimum atomic E-state index is -1.82. The van der Waals surface area contributed by atoms with Crippen LogP contribution in [0, 0.1) is 16.6 Å². The van der Waals surface area contributed by atoms with Crippen LogP contribution in [0.3, 0.4) is 0 Å². The van der Waals surface area contributed by atoms with Crippen molar-refractivity contribution in [3.8, 4) is 5.40 Å². The van der Waals surface area contributed by atoms with Crippen LogP contribution in [0.25, 0.3) is 0 Å². The van der Waals surface area contributed by atoms with Crippen molar-refractivity contribution in [1.82, 2.24) is 9.88 Å². The van der Waals surface area contributed by atoms with E-state index in [0.717, 1.165) is 18.7 Å². The fourth-order valence-corrected chi connectivity index (χ4v) is 2.90. The Labute approximate surface area is 132 Å². The monoisotopic (exact) mass is 323 g/mol. The number of nitrogens with zero attached hydrogens (tertiary/aromatic N) is 3. The summed E-state index contributed by atoms with van der Waals surface area (Å²) < 4.78 is 0. The first kappa shape index (κ1) is 17.9. The molecular weight excluding hydrogens is 306 g/mol. The molecule has 2 heterocycles. The predicted octanol–water partition coefficient (Wildman–Crippen LogP) is 1.44. The van der Waals surface area contributed by atoms with E-state index >= 15 is 0 Å². The minimum Gasteiger partial charge on any atom is -0.473 e. The van der Waals surface area contributed by atoms with Crippen molar-refractivity contribution in [2.75, 3.05) is 19.3 Å². The lowest BCUT2D eigenvalue weighted by atomic mass is 10.0.